The maximum Gasteiger partial charge on any atom is 0.306 e. The zero-order valence-electron chi connectivity index (χ0n) is 12.9. The van der Waals surface area contributed by atoms with E-state index in [0.29, 0.717) is 5.84 Å². The topological polar surface area (TPSA) is 86.4 Å². The lowest BCUT2D eigenvalue weighted by atomic mass is 10.2. The van der Waals surface area contributed by atoms with Crippen LogP contribution in [0.5, 0.6) is 5.75 Å². The first kappa shape index (κ1) is 15.8. The third-order valence-electron chi connectivity index (χ3n) is 3.68. The summed E-state index contributed by atoms with van der Waals surface area (Å²) in [5.74, 6) is 1.22. The van der Waals surface area contributed by atoms with Gasteiger partial charge in [-0.1, -0.05) is 0 Å². The number of hydrogen-bond acceptors (Lipinski definition) is 4. The highest BCUT2D eigenvalue weighted by Crippen LogP contribution is 2.14. The SMILES string of the molecule is COc1ccc(N/N=C(\C#N)C(N)=[N+]2CCCCCC2)cc1. The van der Waals surface area contributed by atoms with Crippen molar-refractivity contribution < 1.29 is 9.31 Å². The fraction of sp³-hybridized carbons (Fsp3) is 0.438. The number of ether oxygens (including phenoxy) is 1. The van der Waals surface area contributed by atoms with Crippen LogP contribution in [-0.4, -0.2) is 36.3 Å². The van der Waals surface area contributed by atoms with E-state index in [4.69, 9.17) is 10.5 Å². The van der Waals surface area contributed by atoms with Gasteiger partial charge in [0.1, 0.15) is 11.8 Å². The van der Waals surface area contributed by atoms with Crippen molar-refractivity contribution in [1.82, 2.24) is 0 Å². The van der Waals surface area contributed by atoms with Crippen LogP contribution in [0, 0.1) is 11.3 Å². The highest BCUT2D eigenvalue weighted by Gasteiger charge is 2.17. The molecule has 22 heavy (non-hydrogen) atoms. The van der Waals surface area contributed by atoms with E-state index in [0.717, 1.165) is 37.4 Å². The summed E-state index contributed by atoms with van der Waals surface area (Å²) in [5.41, 5.74) is 9.97. The van der Waals surface area contributed by atoms with E-state index in [2.05, 4.69) is 16.6 Å². The minimum Gasteiger partial charge on any atom is -0.497 e. The molecule has 0 atom stereocenters. The van der Waals surface area contributed by atoms with Gasteiger partial charge in [-0.2, -0.15) is 10.4 Å². The summed E-state index contributed by atoms with van der Waals surface area (Å²) in [6.45, 7) is 1.77. The van der Waals surface area contributed by atoms with Crippen molar-refractivity contribution in [3.8, 4) is 11.8 Å². The highest BCUT2D eigenvalue weighted by atomic mass is 16.5. The maximum atomic E-state index is 9.29. The van der Waals surface area contributed by atoms with Gasteiger partial charge in [0.2, 0.25) is 5.71 Å². The zero-order chi connectivity index (χ0) is 15.8. The van der Waals surface area contributed by atoms with Gasteiger partial charge in [0, 0.05) is 0 Å². The molecule has 1 heterocycles. The summed E-state index contributed by atoms with van der Waals surface area (Å²) in [6.07, 6.45) is 4.64. The van der Waals surface area contributed by atoms with Crippen LogP contribution in [0.15, 0.2) is 29.4 Å². The van der Waals surface area contributed by atoms with Gasteiger partial charge in [0.25, 0.3) is 0 Å². The maximum absolute atomic E-state index is 9.29. The average Bonchev–Trinajstić information content (AvgIpc) is 2.85. The van der Waals surface area contributed by atoms with Crippen molar-refractivity contribution >= 4 is 17.2 Å². The number of nitrogens with zero attached hydrogens (tertiary/aromatic N) is 3. The molecule has 0 amide bonds. The zero-order valence-corrected chi connectivity index (χ0v) is 12.9. The lowest BCUT2D eigenvalue weighted by Gasteiger charge is -2.06. The minimum absolute atomic E-state index is 0.220. The Kier molecular flexibility index (Phi) is 5.78. The fourth-order valence-corrected chi connectivity index (χ4v) is 2.39. The molecule has 1 saturated heterocycles. The van der Waals surface area contributed by atoms with E-state index in [1.54, 1.807) is 7.11 Å². The van der Waals surface area contributed by atoms with Gasteiger partial charge in [-0.05, 0) is 49.9 Å². The molecule has 0 radical (unpaired) electrons. The number of nitrogens with one attached hydrogen (secondary N) is 1. The predicted octanol–water partition coefficient (Wildman–Crippen LogP) is 1.93. The number of rotatable bonds is 4. The summed E-state index contributed by atoms with van der Waals surface area (Å²) in [4.78, 5) is 0. The molecule has 1 aromatic rings. The van der Waals surface area contributed by atoms with Crippen LogP contribution in [0.2, 0.25) is 0 Å². The predicted molar refractivity (Wildman–Crippen MR) is 87.3 cm³/mol. The van der Waals surface area contributed by atoms with E-state index >= 15 is 0 Å². The Bertz CT molecular complexity index is 588. The Morgan fingerprint density at radius 3 is 2.41 bits per heavy atom. The van der Waals surface area contributed by atoms with Gasteiger partial charge in [-0.15, -0.1) is 0 Å². The summed E-state index contributed by atoms with van der Waals surface area (Å²) in [7, 11) is 1.62. The summed E-state index contributed by atoms with van der Waals surface area (Å²) in [6, 6.07) is 9.39. The van der Waals surface area contributed by atoms with Crippen molar-refractivity contribution in [3.63, 3.8) is 0 Å². The Balaban J connectivity index is 2.12. The lowest BCUT2D eigenvalue weighted by molar-refractivity contribution is -0.525. The number of methoxy groups -OCH3 is 1. The monoisotopic (exact) mass is 300 g/mol. The molecular weight excluding hydrogens is 278 g/mol. The first-order chi connectivity index (χ1) is 10.7. The molecule has 0 unspecified atom stereocenters. The van der Waals surface area contributed by atoms with Crippen molar-refractivity contribution in [2.45, 2.75) is 25.7 Å². The number of anilines is 1. The first-order valence-electron chi connectivity index (χ1n) is 7.50. The Morgan fingerprint density at radius 2 is 1.86 bits per heavy atom. The minimum atomic E-state index is 0.220. The molecule has 0 saturated carbocycles. The number of nitrogens with two attached hydrogens (primary N) is 1. The largest absolute Gasteiger partial charge is 0.497 e. The first-order valence-corrected chi connectivity index (χ1v) is 7.50. The van der Waals surface area contributed by atoms with Crippen molar-refractivity contribution in [3.05, 3.63) is 24.3 Å². The lowest BCUT2D eigenvalue weighted by Crippen LogP contribution is -2.36. The van der Waals surface area contributed by atoms with E-state index in [-0.39, 0.29) is 5.71 Å². The Hall–Kier alpha value is -2.55. The average molecular weight is 300 g/mol. The number of hydrogen-bond donors (Lipinski definition) is 2. The molecule has 1 aromatic carbocycles. The van der Waals surface area contributed by atoms with Crippen molar-refractivity contribution in [1.29, 1.82) is 5.26 Å². The van der Waals surface area contributed by atoms with Crippen molar-refractivity contribution in [2.75, 3.05) is 25.6 Å². The van der Waals surface area contributed by atoms with Crippen LogP contribution < -0.4 is 15.9 Å². The molecule has 0 spiro atoms. The van der Waals surface area contributed by atoms with E-state index < -0.39 is 0 Å². The van der Waals surface area contributed by atoms with Crippen LogP contribution >= 0.6 is 0 Å². The molecule has 0 aliphatic carbocycles. The summed E-state index contributed by atoms with van der Waals surface area (Å²) >= 11 is 0. The highest BCUT2D eigenvalue weighted by molar-refractivity contribution is 6.45. The molecule has 2 rings (SSSR count). The van der Waals surface area contributed by atoms with Gasteiger partial charge in [0.15, 0.2) is 0 Å². The Morgan fingerprint density at radius 1 is 1.23 bits per heavy atom. The van der Waals surface area contributed by atoms with Crippen LogP contribution in [0.3, 0.4) is 0 Å². The van der Waals surface area contributed by atoms with Crippen LogP contribution in [0.25, 0.3) is 0 Å². The second kappa shape index (κ2) is 8.03. The quantitative estimate of drug-likeness (QED) is 0.385. The molecule has 6 heteroatoms. The van der Waals surface area contributed by atoms with Gasteiger partial charge in [0.05, 0.1) is 25.9 Å². The molecule has 3 N–H and O–H groups in total. The molecular formula is C16H22N5O+. The van der Waals surface area contributed by atoms with Crippen LogP contribution in [0.4, 0.5) is 5.69 Å². The molecule has 0 bridgehead atoms. The van der Waals surface area contributed by atoms with E-state index in [1.165, 1.54) is 12.8 Å². The molecule has 116 valence electrons. The summed E-state index contributed by atoms with van der Waals surface area (Å²) in [5, 5.41) is 13.4. The van der Waals surface area contributed by atoms with Crippen LogP contribution in [-0.2, 0) is 0 Å². The molecule has 0 aromatic heterocycles. The fourth-order valence-electron chi connectivity index (χ4n) is 2.39. The molecule has 1 aliphatic heterocycles. The second-order valence-electron chi connectivity index (χ2n) is 5.20. The number of nitriles is 1. The Labute approximate surface area is 130 Å². The number of amidine groups is 1. The molecule has 1 fully saturated rings. The van der Waals surface area contributed by atoms with Gasteiger partial charge in [-0.25, -0.2) is 0 Å². The molecule has 1 aliphatic rings. The third kappa shape index (κ3) is 4.22. The van der Waals surface area contributed by atoms with Gasteiger partial charge < -0.3 is 4.74 Å². The van der Waals surface area contributed by atoms with E-state index in [9.17, 15) is 5.26 Å². The number of hydrazone groups is 1. The van der Waals surface area contributed by atoms with Gasteiger partial charge in [-0.3, -0.25) is 15.7 Å². The standard InChI is InChI=1S/C16H21N5O/c1-22-14-8-6-13(7-9-14)19-20-15(12-17)16(18)21-10-4-2-3-5-11-21/h6-9H,2-5,10-11H2,1H3,(H2,18,19)/p+1. The smallest absolute Gasteiger partial charge is 0.306 e. The molecule has 6 nitrogen and oxygen atoms in total. The normalized spacial score (nSPS) is 15.6. The van der Waals surface area contributed by atoms with E-state index in [1.807, 2.05) is 28.8 Å². The van der Waals surface area contributed by atoms with Crippen LogP contribution in [0.1, 0.15) is 25.7 Å². The second-order valence-corrected chi connectivity index (χ2v) is 5.20. The third-order valence-corrected chi connectivity index (χ3v) is 3.68. The van der Waals surface area contributed by atoms with Crippen molar-refractivity contribution in [2.24, 2.45) is 10.8 Å². The summed E-state index contributed by atoms with van der Waals surface area (Å²) < 4.78 is 7.14. The van der Waals surface area contributed by atoms with Gasteiger partial charge >= 0.3 is 5.84 Å². The number of benzene rings is 1.